The lowest BCUT2D eigenvalue weighted by Gasteiger charge is -2.41. The number of hydrogen-bond acceptors (Lipinski definition) is 3. The zero-order valence-electron chi connectivity index (χ0n) is 11.2. The number of thiol groups is 1. The average molecular weight is 264 g/mol. The van der Waals surface area contributed by atoms with E-state index in [-0.39, 0.29) is 11.4 Å². The molecule has 1 saturated heterocycles. The third-order valence-corrected chi connectivity index (χ3v) is 4.08. The van der Waals surface area contributed by atoms with Crippen LogP contribution in [0.15, 0.2) is 18.2 Å². The molecule has 0 saturated carbocycles. The molecule has 1 atom stereocenters. The van der Waals surface area contributed by atoms with Crippen molar-refractivity contribution in [3.8, 4) is 0 Å². The highest BCUT2D eigenvalue weighted by Crippen LogP contribution is 2.31. The topological polar surface area (TPSA) is 23.6 Å². The quantitative estimate of drug-likeness (QED) is 0.830. The summed E-state index contributed by atoms with van der Waals surface area (Å²) < 4.78 is 0. The van der Waals surface area contributed by atoms with Crippen molar-refractivity contribution < 1.29 is 4.79 Å². The number of carbonyl (C=O) groups excluding carboxylic acids is 1. The molecule has 3 nitrogen and oxygen atoms in total. The molecule has 0 N–H and O–H groups in total. The zero-order valence-corrected chi connectivity index (χ0v) is 12.1. The van der Waals surface area contributed by atoms with E-state index >= 15 is 0 Å². The molecule has 0 bridgehead atoms. The summed E-state index contributed by atoms with van der Waals surface area (Å²) >= 11 is 4.63. The fourth-order valence-corrected chi connectivity index (χ4v) is 3.04. The van der Waals surface area contributed by atoms with Crippen LogP contribution in [0.3, 0.4) is 0 Å². The van der Waals surface area contributed by atoms with Gasteiger partial charge in [-0.2, -0.15) is 0 Å². The highest BCUT2D eigenvalue weighted by Gasteiger charge is 2.33. The number of benzene rings is 1. The number of amides is 1. The van der Waals surface area contributed by atoms with Gasteiger partial charge in [0.2, 0.25) is 5.91 Å². The first-order valence-corrected chi connectivity index (χ1v) is 6.88. The van der Waals surface area contributed by atoms with Gasteiger partial charge in [0.1, 0.15) is 5.50 Å². The van der Waals surface area contributed by atoms with E-state index in [1.165, 1.54) is 0 Å². The van der Waals surface area contributed by atoms with Crippen LogP contribution in [0, 0.1) is 13.8 Å². The first-order valence-electron chi connectivity index (χ1n) is 6.36. The van der Waals surface area contributed by atoms with Crippen molar-refractivity contribution in [2.24, 2.45) is 0 Å². The van der Waals surface area contributed by atoms with Gasteiger partial charge in [0.15, 0.2) is 0 Å². The highest BCUT2D eigenvalue weighted by molar-refractivity contribution is 7.81. The number of para-hydroxylation sites is 1. The van der Waals surface area contributed by atoms with E-state index in [4.69, 9.17) is 0 Å². The van der Waals surface area contributed by atoms with Gasteiger partial charge in [-0.05, 0) is 31.5 Å². The summed E-state index contributed by atoms with van der Waals surface area (Å²) in [6.45, 7) is 7.89. The molecule has 1 aliphatic rings. The summed E-state index contributed by atoms with van der Waals surface area (Å²) in [5.74, 6) is 0.164. The minimum Gasteiger partial charge on any atom is -0.286 e. The van der Waals surface area contributed by atoms with Crippen LogP contribution in [-0.4, -0.2) is 29.4 Å². The molecule has 1 aromatic carbocycles. The maximum atomic E-state index is 12.2. The molecule has 1 aliphatic heterocycles. The molecule has 0 radical (unpaired) electrons. The van der Waals surface area contributed by atoms with Gasteiger partial charge in [0.05, 0.1) is 5.69 Å². The summed E-state index contributed by atoms with van der Waals surface area (Å²) in [6, 6.07) is 6.11. The molecule has 0 aromatic heterocycles. The Kier molecular flexibility index (Phi) is 3.97. The molecule has 1 aromatic rings. The standard InChI is InChI=1S/C14H20N2OS/c1-4-15-9-8-12(17)16(14(15)18)13-10(2)6-5-7-11(13)3/h5-7,14,18H,4,8-9H2,1-3H3. The zero-order chi connectivity index (χ0) is 13.3. The lowest BCUT2D eigenvalue weighted by atomic mass is 10.1. The molecule has 0 aliphatic carbocycles. The number of anilines is 1. The number of hydrogen-bond donors (Lipinski definition) is 1. The van der Waals surface area contributed by atoms with Gasteiger partial charge in [0.25, 0.3) is 0 Å². The number of rotatable bonds is 2. The number of aryl methyl sites for hydroxylation is 2. The Morgan fingerprint density at radius 2 is 1.94 bits per heavy atom. The minimum absolute atomic E-state index is 0.156. The third kappa shape index (κ3) is 2.27. The van der Waals surface area contributed by atoms with Crippen molar-refractivity contribution in [3.63, 3.8) is 0 Å². The van der Waals surface area contributed by atoms with Crippen LogP contribution in [0.5, 0.6) is 0 Å². The monoisotopic (exact) mass is 264 g/mol. The predicted molar refractivity (Wildman–Crippen MR) is 78.0 cm³/mol. The van der Waals surface area contributed by atoms with Gasteiger partial charge in [-0.25, -0.2) is 0 Å². The Labute approximate surface area is 114 Å². The lowest BCUT2D eigenvalue weighted by Crippen LogP contribution is -2.54. The minimum atomic E-state index is -0.156. The Morgan fingerprint density at radius 1 is 1.33 bits per heavy atom. The van der Waals surface area contributed by atoms with E-state index in [2.05, 4.69) is 24.5 Å². The Morgan fingerprint density at radius 3 is 2.50 bits per heavy atom. The largest absolute Gasteiger partial charge is 0.286 e. The van der Waals surface area contributed by atoms with E-state index in [1.807, 2.05) is 36.9 Å². The summed E-state index contributed by atoms with van der Waals surface area (Å²) in [7, 11) is 0. The molecule has 98 valence electrons. The second kappa shape index (κ2) is 5.33. The molecule has 4 heteroatoms. The second-order valence-electron chi connectivity index (χ2n) is 4.73. The van der Waals surface area contributed by atoms with E-state index in [1.54, 1.807) is 0 Å². The maximum absolute atomic E-state index is 12.2. The van der Waals surface area contributed by atoms with Crippen LogP contribution in [0.2, 0.25) is 0 Å². The SMILES string of the molecule is CCN1CCC(=O)N(c2c(C)cccc2C)C1S. The summed E-state index contributed by atoms with van der Waals surface area (Å²) in [5.41, 5.74) is 3.11. The van der Waals surface area contributed by atoms with Gasteiger partial charge >= 0.3 is 0 Å². The molecule has 1 unspecified atom stereocenters. The van der Waals surface area contributed by atoms with Crippen LogP contribution >= 0.6 is 12.6 Å². The summed E-state index contributed by atoms with van der Waals surface area (Å²) in [5, 5.41) is 0. The van der Waals surface area contributed by atoms with Crippen molar-refractivity contribution in [2.45, 2.75) is 32.7 Å². The van der Waals surface area contributed by atoms with E-state index in [9.17, 15) is 4.79 Å². The fourth-order valence-electron chi connectivity index (χ4n) is 2.51. The van der Waals surface area contributed by atoms with Crippen molar-refractivity contribution in [1.29, 1.82) is 0 Å². The number of carbonyl (C=O) groups is 1. The highest BCUT2D eigenvalue weighted by atomic mass is 32.1. The van der Waals surface area contributed by atoms with E-state index < -0.39 is 0 Å². The molecule has 2 rings (SSSR count). The Bertz CT molecular complexity index is 441. The van der Waals surface area contributed by atoms with E-state index in [0.29, 0.717) is 6.42 Å². The van der Waals surface area contributed by atoms with Crippen LogP contribution in [0.25, 0.3) is 0 Å². The van der Waals surface area contributed by atoms with Crippen LogP contribution in [0.1, 0.15) is 24.5 Å². The van der Waals surface area contributed by atoms with Crippen LogP contribution in [0.4, 0.5) is 5.69 Å². The van der Waals surface area contributed by atoms with Crippen molar-refractivity contribution in [3.05, 3.63) is 29.3 Å². The smallest absolute Gasteiger partial charge is 0.230 e. The molecular weight excluding hydrogens is 244 g/mol. The second-order valence-corrected chi connectivity index (χ2v) is 5.19. The van der Waals surface area contributed by atoms with Crippen LogP contribution in [-0.2, 0) is 4.79 Å². The Hall–Kier alpha value is -1.00. The predicted octanol–water partition coefficient (Wildman–Crippen LogP) is 2.58. The first-order chi connectivity index (χ1) is 8.56. The maximum Gasteiger partial charge on any atom is 0.230 e. The van der Waals surface area contributed by atoms with E-state index in [0.717, 1.165) is 29.9 Å². The van der Waals surface area contributed by atoms with Crippen molar-refractivity contribution >= 4 is 24.2 Å². The fraction of sp³-hybridized carbons (Fsp3) is 0.500. The molecule has 1 fully saturated rings. The van der Waals surface area contributed by atoms with Gasteiger partial charge in [0, 0.05) is 13.0 Å². The molecule has 18 heavy (non-hydrogen) atoms. The van der Waals surface area contributed by atoms with Gasteiger partial charge in [-0.1, -0.05) is 25.1 Å². The van der Waals surface area contributed by atoms with Crippen molar-refractivity contribution in [2.75, 3.05) is 18.0 Å². The number of nitrogens with zero attached hydrogens (tertiary/aromatic N) is 2. The molecular formula is C14H20N2OS. The van der Waals surface area contributed by atoms with Crippen LogP contribution < -0.4 is 4.90 Å². The molecule has 1 heterocycles. The summed E-state index contributed by atoms with van der Waals surface area (Å²) in [6.07, 6.45) is 0.568. The first kappa shape index (κ1) is 13.4. The van der Waals surface area contributed by atoms with Gasteiger partial charge in [-0.3, -0.25) is 14.6 Å². The summed E-state index contributed by atoms with van der Waals surface area (Å²) in [4.78, 5) is 16.3. The molecule has 1 amide bonds. The Balaban J connectivity index is 2.43. The normalized spacial score (nSPS) is 21.4. The average Bonchev–Trinajstić information content (AvgIpc) is 2.33. The molecule has 0 spiro atoms. The van der Waals surface area contributed by atoms with Crippen molar-refractivity contribution in [1.82, 2.24) is 4.90 Å². The lowest BCUT2D eigenvalue weighted by molar-refractivity contribution is -0.121. The third-order valence-electron chi connectivity index (χ3n) is 3.53. The van der Waals surface area contributed by atoms with Gasteiger partial charge < -0.3 is 0 Å². The van der Waals surface area contributed by atoms with Gasteiger partial charge in [-0.15, -0.1) is 12.6 Å².